The van der Waals surface area contributed by atoms with E-state index in [4.69, 9.17) is 0 Å². The van der Waals surface area contributed by atoms with Gasteiger partial charge in [0.2, 0.25) is 0 Å². The normalized spacial score (nSPS) is 9.90. The smallest absolute Gasteiger partial charge is 0.125 e. The molecule has 0 saturated carbocycles. The molecule has 3 heteroatoms. The standard InChI is InChI=1S/C7H11N2P/c1-3-6-7(10)4-8-5(2)9-6/h4H,3,10H2,1-2H3. The SMILES string of the molecule is CCc1nc(C)ncc1P. The first kappa shape index (κ1) is 7.62. The van der Waals surface area contributed by atoms with Crippen LogP contribution < -0.4 is 5.30 Å². The zero-order valence-corrected chi connectivity index (χ0v) is 7.41. The van der Waals surface area contributed by atoms with Crippen molar-refractivity contribution >= 4 is 14.5 Å². The van der Waals surface area contributed by atoms with Gasteiger partial charge in [-0.1, -0.05) is 6.92 Å². The third-order valence-electron chi connectivity index (χ3n) is 1.36. The Kier molecular flexibility index (Phi) is 2.34. The van der Waals surface area contributed by atoms with Crippen molar-refractivity contribution in [2.45, 2.75) is 20.3 Å². The summed E-state index contributed by atoms with van der Waals surface area (Å²) in [6, 6.07) is 0. The van der Waals surface area contributed by atoms with E-state index in [2.05, 4.69) is 26.1 Å². The van der Waals surface area contributed by atoms with Gasteiger partial charge in [-0.3, -0.25) is 0 Å². The Morgan fingerprint density at radius 2 is 2.30 bits per heavy atom. The topological polar surface area (TPSA) is 25.8 Å². The summed E-state index contributed by atoms with van der Waals surface area (Å²) in [4.78, 5) is 8.31. The molecule has 0 aliphatic heterocycles. The molecule has 1 rings (SSSR count). The van der Waals surface area contributed by atoms with Gasteiger partial charge in [0.25, 0.3) is 0 Å². The number of aromatic nitrogens is 2. The van der Waals surface area contributed by atoms with Crippen LogP contribution in [0.15, 0.2) is 6.20 Å². The molecule has 1 aromatic rings. The summed E-state index contributed by atoms with van der Waals surface area (Å²) in [7, 11) is 2.63. The maximum absolute atomic E-state index is 4.26. The molecule has 1 atom stereocenters. The fourth-order valence-corrected chi connectivity index (χ4v) is 1.15. The Balaban J connectivity index is 3.09. The summed E-state index contributed by atoms with van der Waals surface area (Å²) in [5.74, 6) is 0.850. The van der Waals surface area contributed by atoms with Gasteiger partial charge in [0.15, 0.2) is 0 Å². The van der Waals surface area contributed by atoms with Gasteiger partial charge in [-0.2, -0.15) is 0 Å². The lowest BCUT2D eigenvalue weighted by atomic mass is 10.3. The first-order chi connectivity index (χ1) is 4.74. The summed E-state index contributed by atoms with van der Waals surface area (Å²) in [5.41, 5.74) is 1.12. The molecule has 1 heterocycles. The summed E-state index contributed by atoms with van der Waals surface area (Å²) in [5, 5.41) is 1.10. The van der Waals surface area contributed by atoms with Crippen LogP contribution in [0.25, 0.3) is 0 Å². The van der Waals surface area contributed by atoms with Crippen molar-refractivity contribution in [3.63, 3.8) is 0 Å². The maximum Gasteiger partial charge on any atom is 0.125 e. The Morgan fingerprint density at radius 1 is 1.60 bits per heavy atom. The number of aryl methyl sites for hydroxylation is 2. The monoisotopic (exact) mass is 154 g/mol. The van der Waals surface area contributed by atoms with Crippen LogP contribution >= 0.6 is 9.24 Å². The van der Waals surface area contributed by atoms with Gasteiger partial charge in [0.1, 0.15) is 5.82 Å². The molecule has 0 aromatic carbocycles. The molecule has 2 nitrogen and oxygen atoms in total. The van der Waals surface area contributed by atoms with Crippen molar-refractivity contribution in [1.82, 2.24) is 9.97 Å². The number of nitrogens with zero attached hydrogens (tertiary/aromatic N) is 2. The quantitative estimate of drug-likeness (QED) is 0.560. The summed E-state index contributed by atoms with van der Waals surface area (Å²) in [6.45, 7) is 4.00. The van der Waals surface area contributed by atoms with E-state index in [0.717, 1.165) is 23.2 Å². The zero-order valence-electron chi connectivity index (χ0n) is 6.26. The van der Waals surface area contributed by atoms with Crippen molar-refractivity contribution in [2.75, 3.05) is 0 Å². The summed E-state index contributed by atoms with van der Waals surface area (Å²) < 4.78 is 0. The van der Waals surface area contributed by atoms with Crippen LogP contribution in [0.1, 0.15) is 18.4 Å². The van der Waals surface area contributed by atoms with Crippen molar-refractivity contribution in [1.29, 1.82) is 0 Å². The summed E-state index contributed by atoms with van der Waals surface area (Å²) in [6.07, 6.45) is 2.81. The highest BCUT2D eigenvalue weighted by Gasteiger charge is 1.96. The van der Waals surface area contributed by atoms with Crippen LogP contribution in [0.3, 0.4) is 0 Å². The Hall–Kier alpha value is -0.490. The van der Waals surface area contributed by atoms with Crippen LogP contribution in [-0.2, 0) is 6.42 Å². The molecule has 0 N–H and O–H groups in total. The molecule has 54 valence electrons. The van der Waals surface area contributed by atoms with Gasteiger partial charge < -0.3 is 0 Å². The fourth-order valence-electron chi connectivity index (χ4n) is 0.809. The Morgan fingerprint density at radius 3 is 2.80 bits per heavy atom. The Bertz CT molecular complexity index is 235. The second-order valence-electron chi connectivity index (χ2n) is 2.17. The van der Waals surface area contributed by atoms with Gasteiger partial charge in [-0.05, 0) is 13.3 Å². The first-order valence-corrected chi connectivity index (χ1v) is 3.89. The lowest BCUT2D eigenvalue weighted by Gasteiger charge is -2.00. The zero-order chi connectivity index (χ0) is 7.56. The third kappa shape index (κ3) is 1.51. The van der Waals surface area contributed by atoms with E-state index < -0.39 is 0 Å². The molecule has 0 fully saturated rings. The predicted molar refractivity (Wildman–Crippen MR) is 45.5 cm³/mol. The molecule has 0 amide bonds. The van der Waals surface area contributed by atoms with Crippen LogP contribution in [0.5, 0.6) is 0 Å². The van der Waals surface area contributed by atoms with E-state index in [9.17, 15) is 0 Å². The molecule has 0 bridgehead atoms. The summed E-state index contributed by atoms with van der Waals surface area (Å²) >= 11 is 0. The molecule has 0 aliphatic rings. The van der Waals surface area contributed by atoms with Crippen molar-refractivity contribution < 1.29 is 0 Å². The van der Waals surface area contributed by atoms with Gasteiger partial charge in [0, 0.05) is 11.5 Å². The molecule has 10 heavy (non-hydrogen) atoms. The molecule has 0 radical (unpaired) electrons. The van der Waals surface area contributed by atoms with E-state index in [-0.39, 0.29) is 0 Å². The Labute approximate surface area is 63.3 Å². The highest BCUT2D eigenvalue weighted by Crippen LogP contribution is 1.96. The maximum atomic E-state index is 4.26. The third-order valence-corrected chi connectivity index (χ3v) is 1.84. The van der Waals surface area contributed by atoms with E-state index in [0.29, 0.717) is 0 Å². The minimum atomic E-state index is 0.850. The molecule has 0 saturated heterocycles. The average molecular weight is 154 g/mol. The predicted octanol–water partition coefficient (Wildman–Crippen LogP) is 0.848. The van der Waals surface area contributed by atoms with E-state index in [1.807, 2.05) is 13.1 Å². The highest BCUT2D eigenvalue weighted by molar-refractivity contribution is 7.27. The minimum Gasteiger partial charge on any atom is -0.241 e. The van der Waals surface area contributed by atoms with Crippen LogP contribution in [0.2, 0.25) is 0 Å². The molecular weight excluding hydrogens is 143 g/mol. The van der Waals surface area contributed by atoms with Crippen molar-refractivity contribution in [2.24, 2.45) is 0 Å². The average Bonchev–Trinajstić information content (AvgIpc) is 1.94. The van der Waals surface area contributed by atoms with Crippen molar-refractivity contribution in [3.8, 4) is 0 Å². The van der Waals surface area contributed by atoms with Gasteiger partial charge in [0.05, 0.1) is 5.69 Å². The van der Waals surface area contributed by atoms with E-state index >= 15 is 0 Å². The second-order valence-corrected chi connectivity index (χ2v) is 2.79. The number of rotatable bonds is 1. The van der Waals surface area contributed by atoms with Gasteiger partial charge in [-0.15, -0.1) is 9.24 Å². The van der Waals surface area contributed by atoms with Gasteiger partial charge in [-0.25, -0.2) is 9.97 Å². The first-order valence-electron chi connectivity index (χ1n) is 3.32. The lowest BCUT2D eigenvalue weighted by Crippen LogP contribution is -2.06. The van der Waals surface area contributed by atoms with Crippen LogP contribution in [0, 0.1) is 6.92 Å². The van der Waals surface area contributed by atoms with Crippen molar-refractivity contribution in [3.05, 3.63) is 17.7 Å². The molecule has 0 spiro atoms. The molecular formula is C7H11N2P. The number of hydrogen-bond donors (Lipinski definition) is 0. The highest BCUT2D eigenvalue weighted by atomic mass is 31.0. The molecule has 0 aliphatic carbocycles. The molecule has 1 aromatic heterocycles. The fraction of sp³-hybridized carbons (Fsp3) is 0.429. The van der Waals surface area contributed by atoms with E-state index in [1.54, 1.807) is 0 Å². The van der Waals surface area contributed by atoms with Crippen LogP contribution in [-0.4, -0.2) is 9.97 Å². The van der Waals surface area contributed by atoms with E-state index in [1.165, 1.54) is 0 Å². The van der Waals surface area contributed by atoms with Gasteiger partial charge >= 0.3 is 0 Å². The lowest BCUT2D eigenvalue weighted by molar-refractivity contribution is 0.964. The number of hydrogen-bond acceptors (Lipinski definition) is 2. The minimum absolute atomic E-state index is 0.850. The largest absolute Gasteiger partial charge is 0.241 e. The second kappa shape index (κ2) is 3.07. The van der Waals surface area contributed by atoms with Crippen LogP contribution in [0.4, 0.5) is 0 Å². The molecule has 1 unspecified atom stereocenters.